The molecule has 0 bridgehead atoms. The van der Waals surface area contributed by atoms with Gasteiger partial charge >= 0.3 is 0 Å². The number of amides is 3. The molecule has 1 N–H and O–H groups in total. The van der Waals surface area contributed by atoms with E-state index in [4.69, 9.17) is 0 Å². The molecule has 5 nitrogen and oxygen atoms in total. The van der Waals surface area contributed by atoms with E-state index in [2.05, 4.69) is 19.2 Å². The Hall–Kier alpha value is -2.95. The van der Waals surface area contributed by atoms with Crippen molar-refractivity contribution in [3.05, 3.63) is 65.2 Å². The van der Waals surface area contributed by atoms with E-state index in [0.717, 1.165) is 22.6 Å². The number of carbonyl (C=O) groups excluding carboxylic acids is 3. The van der Waals surface area contributed by atoms with Gasteiger partial charge in [-0.05, 0) is 36.1 Å². The molecule has 0 saturated heterocycles. The summed E-state index contributed by atoms with van der Waals surface area (Å²) in [6.07, 6.45) is 1.04. The van der Waals surface area contributed by atoms with Crippen molar-refractivity contribution in [2.24, 2.45) is 0 Å². The van der Waals surface area contributed by atoms with Crippen LogP contribution in [0.5, 0.6) is 0 Å². The van der Waals surface area contributed by atoms with E-state index in [-0.39, 0.29) is 30.7 Å². The molecule has 0 fully saturated rings. The van der Waals surface area contributed by atoms with Crippen LogP contribution in [0.3, 0.4) is 0 Å². The predicted octanol–water partition coefficient (Wildman–Crippen LogP) is 3.82. The van der Waals surface area contributed by atoms with Gasteiger partial charge in [0.2, 0.25) is 5.91 Å². The van der Waals surface area contributed by atoms with Crippen molar-refractivity contribution in [2.75, 3.05) is 11.9 Å². The van der Waals surface area contributed by atoms with Crippen LogP contribution in [0.1, 0.15) is 58.9 Å². The van der Waals surface area contributed by atoms with E-state index in [1.807, 2.05) is 24.3 Å². The van der Waals surface area contributed by atoms with Crippen molar-refractivity contribution < 1.29 is 14.4 Å². The van der Waals surface area contributed by atoms with Gasteiger partial charge in [-0.3, -0.25) is 19.3 Å². The fourth-order valence-electron chi connectivity index (χ4n) is 3.13. The van der Waals surface area contributed by atoms with Crippen molar-refractivity contribution in [3.8, 4) is 0 Å². The Labute approximate surface area is 153 Å². The van der Waals surface area contributed by atoms with Gasteiger partial charge in [0, 0.05) is 18.7 Å². The zero-order valence-electron chi connectivity index (χ0n) is 15.0. The predicted molar refractivity (Wildman–Crippen MR) is 100 cm³/mol. The fourth-order valence-corrected chi connectivity index (χ4v) is 3.13. The number of rotatable bonds is 6. The van der Waals surface area contributed by atoms with Crippen molar-refractivity contribution in [3.63, 3.8) is 0 Å². The van der Waals surface area contributed by atoms with Gasteiger partial charge in [0.25, 0.3) is 11.8 Å². The van der Waals surface area contributed by atoms with E-state index < -0.39 is 0 Å². The minimum Gasteiger partial charge on any atom is -0.326 e. The molecule has 2 aromatic rings. The highest BCUT2D eigenvalue weighted by Crippen LogP contribution is 2.27. The molecule has 2 aromatic carbocycles. The molecule has 3 rings (SSSR count). The lowest BCUT2D eigenvalue weighted by Crippen LogP contribution is -2.33. The van der Waals surface area contributed by atoms with E-state index in [1.54, 1.807) is 24.3 Å². The third-order valence-corrected chi connectivity index (χ3v) is 4.82. The number of nitrogens with one attached hydrogen (secondary N) is 1. The quantitative estimate of drug-likeness (QED) is 0.805. The Kier molecular flexibility index (Phi) is 5.16. The molecule has 0 saturated carbocycles. The first kappa shape index (κ1) is 17.9. The van der Waals surface area contributed by atoms with Gasteiger partial charge in [0.05, 0.1) is 11.1 Å². The van der Waals surface area contributed by atoms with Crippen LogP contribution in [0, 0.1) is 0 Å². The molecule has 1 atom stereocenters. The smallest absolute Gasteiger partial charge is 0.261 e. The first-order valence-electron chi connectivity index (χ1n) is 8.87. The largest absolute Gasteiger partial charge is 0.326 e. The zero-order valence-corrected chi connectivity index (χ0v) is 15.0. The molecule has 1 heterocycles. The van der Waals surface area contributed by atoms with Gasteiger partial charge < -0.3 is 5.32 Å². The number of fused-ring (bicyclic) bond motifs is 1. The summed E-state index contributed by atoms with van der Waals surface area (Å²) in [4.78, 5) is 38.2. The van der Waals surface area contributed by atoms with Crippen LogP contribution in [-0.4, -0.2) is 29.2 Å². The Morgan fingerprint density at radius 3 is 2.19 bits per heavy atom. The molecule has 5 heteroatoms. The summed E-state index contributed by atoms with van der Waals surface area (Å²) < 4.78 is 0. The van der Waals surface area contributed by atoms with Crippen LogP contribution in [-0.2, 0) is 4.79 Å². The third-order valence-electron chi connectivity index (χ3n) is 4.82. The highest BCUT2D eigenvalue weighted by Gasteiger charge is 2.34. The van der Waals surface area contributed by atoms with Crippen molar-refractivity contribution in [1.82, 2.24) is 4.90 Å². The average Bonchev–Trinajstić information content (AvgIpc) is 2.91. The third kappa shape index (κ3) is 3.38. The lowest BCUT2D eigenvalue weighted by Gasteiger charge is -2.17. The summed E-state index contributed by atoms with van der Waals surface area (Å²) in [6.45, 7) is 4.29. The van der Waals surface area contributed by atoms with E-state index in [1.165, 1.54) is 0 Å². The summed E-state index contributed by atoms with van der Waals surface area (Å²) in [6, 6.07) is 14.4. The lowest BCUT2D eigenvalue weighted by atomic mass is 9.97. The second-order valence-electron chi connectivity index (χ2n) is 6.50. The number of hydrogen-bond donors (Lipinski definition) is 1. The maximum atomic E-state index is 12.4. The maximum Gasteiger partial charge on any atom is 0.261 e. The van der Waals surface area contributed by atoms with E-state index in [9.17, 15) is 14.4 Å². The monoisotopic (exact) mass is 350 g/mol. The van der Waals surface area contributed by atoms with Gasteiger partial charge in [0.1, 0.15) is 0 Å². The first-order chi connectivity index (χ1) is 12.5. The summed E-state index contributed by atoms with van der Waals surface area (Å²) >= 11 is 0. The van der Waals surface area contributed by atoms with Crippen LogP contribution in [0.4, 0.5) is 5.69 Å². The fraction of sp³-hybridized carbons (Fsp3) is 0.286. The Bertz CT molecular complexity index is 825. The van der Waals surface area contributed by atoms with Crippen molar-refractivity contribution in [2.45, 2.75) is 32.6 Å². The molecule has 26 heavy (non-hydrogen) atoms. The van der Waals surface area contributed by atoms with Gasteiger partial charge in [-0.1, -0.05) is 44.2 Å². The molecule has 134 valence electrons. The Morgan fingerprint density at radius 2 is 1.58 bits per heavy atom. The molecular formula is C21H22N2O3. The minimum absolute atomic E-state index is 0.0698. The number of anilines is 1. The van der Waals surface area contributed by atoms with Crippen molar-refractivity contribution >= 4 is 23.4 Å². The second kappa shape index (κ2) is 7.52. The number of para-hydroxylation sites is 1. The van der Waals surface area contributed by atoms with Crippen LogP contribution >= 0.6 is 0 Å². The molecule has 1 aliphatic rings. The molecule has 0 unspecified atom stereocenters. The summed E-state index contributed by atoms with van der Waals surface area (Å²) in [5.74, 6) is -0.545. The summed E-state index contributed by atoms with van der Waals surface area (Å²) in [5, 5.41) is 2.91. The normalized spacial score (nSPS) is 14.3. The molecule has 1 aliphatic heterocycles. The number of carbonyl (C=O) groups is 3. The summed E-state index contributed by atoms with van der Waals surface area (Å²) in [5.41, 5.74) is 2.68. The Balaban J connectivity index is 1.64. The standard InChI is InChI=1S/C21H22N2O3/c1-3-14(2)15-8-6-7-11-18(15)22-19(24)12-13-23-20(25)16-9-4-5-10-17(16)21(23)26/h4-11,14H,3,12-13H2,1-2H3,(H,22,24)/t14-/m1/s1. The summed E-state index contributed by atoms with van der Waals surface area (Å²) in [7, 11) is 0. The number of imide groups is 1. The average molecular weight is 350 g/mol. The van der Waals surface area contributed by atoms with Crippen LogP contribution in [0.2, 0.25) is 0 Å². The molecule has 0 aliphatic carbocycles. The molecule has 0 radical (unpaired) electrons. The van der Waals surface area contributed by atoms with E-state index in [0.29, 0.717) is 17.0 Å². The highest BCUT2D eigenvalue weighted by atomic mass is 16.2. The van der Waals surface area contributed by atoms with Gasteiger partial charge in [-0.25, -0.2) is 0 Å². The van der Waals surface area contributed by atoms with Crippen LogP contribution in [0.15, 0.2) is 48.5 Å². The molecule has 3 amide bonds. The molecular weight excluding hydrogens is 328 g/mol. The minimum atomic E-state index is -0.335. The molecule has 0 spiro atoms. The lowest BCUT2D eigenvalue weighted by molar-refractivity contribution is -0.116. The number of hydrogen-bond acceptors (Lipinski definition) is 3. The van der Waals surface area contributed by atoms with Crippen LogP contribution < -0.4 is 5.32 Å². The number of benzene rings is 2. The second-order valence-corrected chi connectivity index (χ2v) is 6.50. The van der Waals surface area contributed by atoms with E-state index >= 15 is 0 Å². The highest BCUT2D eigenvalue weighted by molar-refractivity contribution is 6.21. The van der Waals surface area contributed by atoms with Crippen molar-refractivity contribution in [1.29, 1.82) is 0 Å². The maximum absolute atomic E-state index is 12.4. The van der Waals surface area contributed by atoms with Gasteiger partial charge in [-0.2, -0.15) is 0 Å². The zero-order chi connectivity index (χ0) is 18.7. The number of nitrogens with zero attached hydrogens (tertiary/aromatic N) is 1. The topological polar surface area (TPSA) is 66.5 Å². The van der Waals surface area contributed by atoms with Gasteiger partial charge in [0.15, 0.2) is 0 Å². The Morgan fingerprint density at radius 1 is 1.00 bits per heavy atom. The van der Waals surface area contributed by atoms with Crippen LogP contribution in [0.25, 0.3) is 0 Å². The van der Waals surface area contributed by atoms with Gasteiger partial charge in [-0.15, -0.1) is 0 Å². The SMILES string of the molecule is CC[C@@H](C)c1ccccc1NC(=O)CCN1C(=O)c2ccccc2C1=O. The molecule has 0 aromatic heterocycles. The first-order valence-corrected chi connectivity index (χ1v) is 8.87.